The van der Waals surface area contributed by atoms with Gasteiger partial charge in [-0.05, 0) is 52.5 Å². The normalized spacial score (nSPS) is 17.9. The Morgan fingerprint density at radius 1 is 0.909 bits per heavy atom. The summed E-state index contributed by atoms with van der Waals surface area (Å²) in [6.45, 7) is 4.76. The Kier molecular flexibility index (Phi) is 4.29. The Labute approximate surface area is 152 Å². The minimum absolute atomic E-state index is 0. The Bertz CT molecular complexity index is 710. The van der Waals surface area contributed by atoms with E-state index < -0.39 is 0 Å². The smallest absolute Gasteiger partial charge is 0.0317 e. The molecule has 109 valence electrons. The van der Waals surface area contributed by atoms with Crippen LogP contribution >= 0.6 is 0 Å². The fourth-order valence-electron chi connectivity index (χ4n) is 3.80. The van der Waals surface area contributed by atoms with E-state index in [2.05, 4.69) is 68.5 Å². The fraction of sp³-hybridized carbons (Fsp3) is 0.286. The van der Waals surface area contributed by atoms with Crippen molar-refractivity contribution in [1.82, 2.24) is 0 Å². The first-order valence-corrected chi connectivity index (χ1v) is 7.85. The third-order valence-corrected chi connectivity index (χ3v) is 4.76. The predicted molar refractivity (Wildman–Crippen MR) is 89.2 cm³/mol. The summed E-state index contributed by atoms with van der Waals surface area (Å²) in [5, 5.41) is 0. The molecule has 1 heteroatoms. The van der Waals surface area contributed by atoms with E-state index in [1.165, 1.54) is 35.4 Å². The van der Waals surface area contributed by atoms with E-state index in [0.29, 0.717) is 5.41 Å². The van der Waals surface area contributed by atoms with Gasteiger partial charge in [0, 0.05) is 31.8 Å². The zero-order valence-electron chi connectivity index (χ0n) is 13.3. The second kappa shape index (κ2) is 5.92. The van der Waals surface area contributed by atoms with Crippen molar-refractivity contribution < 1.29 is 25.8 Å². The molecule has 0 fully saturated rings. The van der Waals surface area contributed by atoms with Gasteiger partial charge in [0.05, 0.1) is 0 Å². The van der Waals surface area contributed by atoms with Crippen molar-refractivity contribution in [3.8, 4) is 0 Å². The van der Waals surface area contributed by atoms with Crippen molar-refractivity contribution in [1.29, 1.82) is 0 Å². The Hall–Kier alpha value is -0.950. The summed E-state index contributed by atoms with van der Waals surface area (Å²) in [7, 11) is 0. The maximum atomic E-state index is 2.46. The molecule has 2 aliphatic rings. The molecule has 0 nitrogen and oxygen atoms in total. The van der Waals surface area contributed by atoms with E-state index in [0.717, 1.165) is 6.42 Å². The van der Waals surface area contributed by atoms with Gasteiger partial charge in [-0.2, -0.15) is 0 Å². The quantitative estimate of drug-likeness (QED) is 0.564. The van der Waals surface area contributed by atoms with Gasteiger partial charge in [0.2, 0.25) is 0 Å². The molecule has 2 aromatic rings. The van der Waals surface area contributed by atoms with Crippen LogP contribution < -0.4 is 0 Å². The number of benzene rings is 2. The van der Waals surface area contributed by atoms with Crippen molar-refractivity contribution in [2.24, 2.45) is 5.41 Å². The zero-order chi connectivity index (χ0) is 14.4. The summed E-state index contributed by atoms with van der Waals surface area (Å²) in [5.41, 5.74) is 7.82. The molecule has 4 rings (SSSR count). The van der Waals surface area contributed by atoms with Crippen molar-refractivity contribution in [2.75, 3.05) is 0 Å². The predicted octanol–water partition coefficient (Wildman–Crippen LogP) is 5.00. The maximum absolute atomic E-state index is 2.46. The molecule has 0 spiro atoms. The molecule has 22 heavy (non-hydrogen) atoms. The number of hydrogen-bond acceptors (Lipinski definition) is 0. The van der Waals surface area contributed by atoms with Crippen LogP contribution in [0.3, 0.4) is 0 Å². The third kappa shape index (κ3) is 2.93. The van der Waals surface area contributed by atoms with Gasteiger partial charge in [-0.15, -0.1) is 0 Å². The third-order valence-electron chi connectivity index (χ3n) is 4.76. The van der Waals surface area contributed by atoms with Gasteiger partial charge in [-0.1, -0.05) is 68.5 Å². The molecule has 0 saturated carbocycles. The second-order valence-corrected chi connectivity index (χ2v) is 7.25. The number of fused-ring (bicyclic) bond motifs is 2. The molecule has 1 radical (unpaired) electrons. The van der Waals surface area contributed by atoms with Gasteiger partial charge < -0.3 is 0 Å². The summed E-state index contributed by atoms with van der Waals surface area (Å²) >= 11 is 0. The SMILES string of the molecule is CC1(C)Cc2cc3c(cc2C1)[C](Cc1ccccc1)C=C3.[Hf]. The molecule has 0 amide bonds. The first-order chi connectivity index (χ1) is 10.1. The van der Waals surface area contributed by atoms with Crippen LogP contribution in [0.25, 0.3) is 6.08 Å². The van der Waals surface area contributed by atoms with E-state index in [1.54, 1.807) is 11.1 Å². The molecule has 2 aromatic carbocycles. The minimum Gasteiger partial charge on any atom is -0.0718 e. The summed E-state index contributed by atoms with van der Waals surface area (Å²) < 4.78 is 0. The van der Waals surface area contributed by atoms with E-state index in [1.807, 2.05) is 0 Å². The minimum atomic E-state index is 0. The van der Waals surface area contributed by atoms with Crippen LogP contribution in [-0.2, 0) is 45.1 Å². The molecule has 0 bridgehead atoms. The molecular formula is C21H21Hf. The molecule has 0 unspecified atom stereocenters. The van der Waals surface area contributed by atoms with Gasteiger partial charge in [0.1, 0.15) is 0 Å². The maximum Gasteiger partial charge on any atom is 0.0317 e. The first-order valence-electron chi connectivity index (χ1n) is 7.85. The monoisotopic (exact) mass is 453 g/mol. The molecule has 0 saturated heterocycles. The summed E-state index contributed by atoms with van der Waals surface area (Å²) in [6.07, 6.45) is 8.06. The van der Waals surface area contributed by atoms with Crippen molar-refractivity contribution in [2.45, 2.75) is 33.1 Å². The summed E-state index contributed by atoms with van der Waals surface area (Å²) in [4.78, 5) is 0. The van der Waals surface area contributed by atoms with Crippen LogP contribution in [-0.4, -0.2) is 0 Å². The van der Waals surface area contributed by atoms with Crippen LogP contribution in [0.4, 0.5) is 0 Å². The van der Waals surface area contributed by atoms with Crippen LogP contribution in [0.15, 0.2) is 48.5 Å². The average molecular weight is 452 g/mol. The van der Waals surface area contributed by atoms with E-state index in [-0.39, 0.29) is 25.8 Å². The molecule has 0 atom stereocenters. The molecule has 2 aliphatic carbocycles. The van der Waals surface area contributed by atoms with Crippen molar-refractivity contribution in [3.63, 3.8) is 0 Å². The van der Waals surface area contributed by atoms with Crippen LogP contribution in [0, 0.1) is 11.3 Å². The molecule has 0 N–H and O–H groups in total. The second-order valence-electron chi connectivity index (χ2n) is 7.25. The van der Waals surface area contributed by atoms with Gasteiger partial charge >= 0.3 is 0 Å². The van der Waals surface area contributed by atoms with Crippen LogP contribution in [0.2, 0.25) is 0 Å². The van der Waals surface area contributed by atoms with Gasteiger partial charge in [0.25, 0.3) is 0 Å². The van der Waals surface area contributed by atoms with Crippen LogP contribution in [0.1, 0.15) is 41.7 Å². The summed E-state index contributed by atoms with van der Waals surface area (Å²) in [5.74, 6) is 1.46. The van der Waals surface area contributed by atoms with Crippen LogP contribution in [0.5, 0.6) is 0 Å². The molecule has 0 heterocycles. The van der Waals surface area contributed by atoms with Gasteiger partial charge in [-0.3, -0.25) is 0 Å². The molecular weight excluding hydrogens is 431 g/mol. The van der Waals surface area contributed by atoms with Crippen molar-refractivity contribution in [3.05, 3.63) is 82.3 Å². The number of hydrogen-bond donors (Lipinski definition) is 0. The Balaban J connectivity index is 0.00000144. The van der Waals surface area contributed by atoms with E-state index >= 15 is 0 Å². The first kappa shape index (κ1) is 15.9. The van der Waals surface area contributed by atoms with Gasteiger partial charge in [0.15, 0.2) is 0 Å². The molecule has 0 aliphatic heterocycles. The van der Waals surface area contributed by atoms with Crippen molar-refractivity contribution >= 4 is 6.08 Å². The topological polar surface area (TPSA) is 0 Å². The van der Waals surface area contributed by atoms with E-state index in [4.69, 9.17) is 0 Å². The van der Waals surface area contributed by atoms with Gasteiger partial charge in [-0.25, -0.2) is 0 Å². The number of allylic oxidation sites excluding steroid dienone is 1. The largest absolute Gasteiger partial charge is 0.0718 e. The zero-order valence-corrected chi connectivity index (χ0v) is 16.9. The summed E-state index contributed by atoms with van der Waals surface area (Å²) in [6, 6.07) is 15.7. The standard InChI is InChI=1S/C21H21.Hf/c1-21(2)13-18-11-17-9-8-16(20(17)12-19(18)14-21)10-15-6-4-3-5-7-15;/h3-9,11-12H,10,13-14H2,1-2H3;. The average Bonchev–Trinajstić information content (AvgIpc) is 2.96. The van der Waals surface area contributed by atoms with E-state index in [9.17, 15) is 0 Å². The Morgan fingerprint density at radius 3 is 2.32 bits per heavy atom. The fourth-order valence-corrected chi connectivity index (χ4v) is 3.80. The molecule has 0 aromatic heterocycles. The number of rotatable bonds is 2. The Morgan fingerprint density at radius 2 is 1.59 bits per heavy atom.